The molecule has 0 aromatic carbocycles. The van der Waals surface area contributed by atoms with Crippen LogP contribution < -0.4 is 5.73 Å². The van der Waals surface area contributed by atoms with Gasteiger partial charge in [0.2, 0.25) is 6.79 Å². The van der Waals surface area contributed by atoms with Crippen molar-refractivity contribution in [1.29, 1.82) is 0 Å². The average molecular weight is 720 g/mol. The minimum absolute atomic E-state index is 0.152. The quantitative estimate of drug-likeness (QED) is 0.0392. The second-order valence-electron chi connectivity index (χ2n) is 12.1. The molecule has 0 saturated heterocycles. The van der Waals surface area contributed by atoms with E-state index in [1.807, 2.05) is 6.92 Å². The van der Waals surface area contributed by atoms with E-state index >= 15 is 0 Å². The van der Waals surface area contributed by atoms with Gasteiger partial charge < -0.3 is 29.0 Å². The molecule has 0 spiro atoms. The lowest BCUT2D eigenvalue weighted by Gasteiger charge is -2.21. The van der Waals surface area contributed by atoms with Gasteiger partial charge in [0, 0.05) is 5.75 Å². The Kier molecular flexibility index (Phi) is 21.6. The zero-order valence-corrected chi connectivity index (χ0v) is 31.5. The second kappa shape index (κ2) is 24.4. The first-order chi connectivity index (χ1) is 22.6. The molecule has 15 heteroatoms. The van der Waals surface area contributed by atoms with Crippen LogP contribution in [-0.2, 0) is 55.0 Å². The van der Waals surface area contributed by atoms with Crippen LogP contribution in [0.4, 0.5) is 10.6 Å². The molecular formula is C32H58N5O7PS2. The number of fused-ring (bicyclic) bond motifs is 1. The summed E-state index contributed by atoms with van der Waals surface area (Å²) < 4.78 is 42.2. The van der Waals surface area contributed by atoms with Crippen molar-refractivity contribution in [2.45, 2.75) is 136 Å². The molecule has 0 fully saturated rings. The molecule has 2 rings (SSSR count). The van der Waals surface area contributed by atoms with E-state index in [2.05, 4.69) is 21.9 Å². The maximum absolute atomic E-state index is 13.6. The molecule has 0 radical (unpaired) electrons. The number of imidazole rings is 1. The van der Waals surface area contributed by atoms with Crippen LogP contribution in [0.3, 0.4) is 0 Å². The van der Waals surface area contributed by atoms with E-state index in [1.54, 1.807) is 24.7 Å². The van der Waals surface area contributed by atoms with Gasteiger partial charge in [-0.25, -0.2) is 19.7 Å². The number of hydrogen-bond donors (Lipinski definition) is 1. The van der Waals surface area contributed by atoms with Gasteiger partial charge in [-0.15, -0.1) is 9.45 Å². The van der Waals surface area contributed by atoms with Crippen LogP contribution in [0.25, 0.3) is 11.2 Å². The second-order valence-corrected chi connectivity index (χ2v) is 17.2. The maximum atomic E-state index is 13.6. The van der Waals surface area contributed by atoms with Crippen molar-refractivity contribution < 1.29 is 32.6 Å². The predicted molar refractivity (Wildman–Crippen MR) is 192 cm³/mol. The molecule has 0 aliphatic rings. The maximum Gasteiger partial charge on any atom is 0.510 e. The van der Waals surface area contributed by atoms with E-state index in [-0.39, 0.29) is 34.3 Å². The summed E-state index contributed by atoms with van der Waals surface area (Å²) in [5, 5.41) is 0. The summed E-state index contributed by atoms with van der Waals surface area (Å²) in [6.45, 7) is 7.38. The number of nitrogen functional groups attached to an aromatic ring is 1. The highest BCUT2D eigenvalue weighted by atomic mass is 32.8. The first-order valence-electron chi connectivity index (χ1n) is 17.2. The minimum atomic E-state index is -3.79. The van der Waals surface area contributed by atoms with Crippen molar-refractivity contribution in [2.75, 3.05) is 37.0 Å². The molecule has 2 N–H and O–H groups in total. The van der Waals surface area contributed by atoms with Crippen molar-refractivity contribution >= 4 is 51.4 Å². The van der Waals surface area contributed by atoms with E-state index in [9.17, 15) is 9.36 Å². The summed E-state index contributed by atoms with van der Waals surface area (Å²) in [4.78, 5) is 24.2. The molecule has 0 amide bonds. The van der Waals surface area contributed by atoms with Crippen molar-refractivity contribution in [3.8, 4) is 0 Å². The van der Waals surface area contributed by atoms with Crippen molar-refractivity contribution in [3.63, 3.8) is 0 Å². The van der Waals surface area contributed by atoms with Crippen LogP contribution in [0.2, 0.25) is 0 Å². The lowest BCUT2D eigenvalue weighted by atomic mass is 10.0. The first-order valence-corrected chi connectivity index (χ1v) is 21.4. The molecule has 1 unspecified atom stereocenters. The Hall–Kier alpha value is -1.70. The molecule has 0 bridgehead atoms. The summed E-state index contributed by atoms with van der Waals surface area (Å²) >= 11 is 5.67. The molecule has 3 atom stereocenters. The summed E-state index contributed by atoms with van der Waals surface area (Å²) in [6.07, 6.45) is 19.4. The Morgan fingerprint density at radius 2 is 1.53 bits per heavy atom. The van der Waals surface area contributed by atoms with Crippen molar-refractivity contribution in [3.05, 3.63) is 12.7 Å². The Bertz CT molecular complexity index is 1220. The number of ether oxygens (including phenoxy) is 3. The number of anilines is 1. The highest BCUT2D eigenvalue weighted by Crippen LogP contribution is 2.48. The Balaban J connectivity index is 1.68. The molecule has 0 aliphatic heterocycles. The van der Waals surface area contributed by atoms with E-state index in [1.165, 1.54) is 89.8 Å². The lowest BCUT2D eigenvalue weighted by molar-refractivity contribution is -0.0177. The van der Waals surface area contributed by atoms with Crippen LogP contribution in [0.15, 0.2) is 12.7 Å². The Morgan fingerprint density at radius 3 is 2.15 bits per heavy atom. The number of rotatable bonds is 28. The molecule has 0 aliphatic carbocycles. The molecule has 270 valence electrons. The monoisotopic (exact) mass is 719 g/mol. The molecular weight excluding hydrogens is 661 g/mol. The summed E-state index contributed by atoms with van der Waals surface area (Å²) in [5.41, 5.74) is 6.94. The third kappa shape index (κ3) is 18.6. The van der Waals surface area contributed by atoms with Gasteiger partial charge >= 0.3 is 13.8 Å². The van der Waals surface area contributed by atoms with Gasteiger partial charge in [-0.2, -0.15) is 0 Å². The number of aromatic nitrogens is 4. The fourth-order valence-electron chi connectivity index (χ4n) is 4.90. The van der Waals surface area contributed by atoms with Gasteiger partial charge in [0.25, 0.3) is 0 Å². The topological polar surface area (TPSA) is 150 Å². The van der Waals surface area contributed by atoms with E-state index < -0.39 is 26.6 Å². The fourth-order valence-corrected chi connectivity index (χ4v) is 7.83. The normalized spacial score (nSPS) is 14.3. The highest BCUT2D eigenvalue weighted by molar-refractivity contribution is 8.28. The third-order valence-corrected chi connectivity index (χ3v) is 11.4. The number of carbonyl (C=O) groups is 1. The lowest BCUT2D eigenvalue weighted by Crippen LogP contribution is -2.20. The van der Waals surface area contributed by atoms with Gasteiger partial charge in [0.05, 0.1) is 31.7 Å². The molecule has 12 nitrogen and oxygen atoms in total. The van der Waals surface area contributed by atoms with E-state index in [0.717, 1.165) is 12.2 Å². The van der Waals surface area contributed by atoms with Gasteiger partial charge in [-0.1, -0.05) is 102 Å². The molecule has 0 saturated carbocycles. The van der Waals surface area contributed by atoms with Crippen molar-refractivity contribution in [2.24, 2.45) is 0 Å². The Morgan fingerprint density at radius 1 is 0.915 bits per heavy atom. The predicted octanol–water partition coefficient (Wildman–Crippen LogP) is 8.08. The van der Waals surface area contributed by atoms with Gasteiger partial charge in [-0.05, 0) is 32.9 Å². The van der Waals surface area contributed by atoms with E-state index in [4.69, 9.17) is 40.2 Å². The molecule has 2 aromatic heterocycles. The van der Waals surface area contributed by atoms with Crippen LogP contribution in [0.1, 0.15) is 118 Å². The number of hydrogen-bond acceptors (Lipinski definition) is 12. The number of nitrogens with zero attached hydrogens (tertiary/aromatic N) is 4. The summed E-state index contributed by atoms with van der Waals surface area (Å²) in [5.74, 6) is 1.80. The van der Waals surface area contributed by atoms with E-state index in [0.29, 0.717) is 23.5 Å². The van der Waals surface area contributed by atoms with Gasteiger partial charge in [0.15, 0.2) is 11.5 Å². The van der Waals surface area contributed by atoms with Gasteiger partial charge in [-0.3, -0.25) is 9.09 Å². The third-order valence-electron chi connectivity index (χ3n) is 7.48. The minimum Gasteiger partial charge on any atom is -0.432 e. The first kappa shape index (κ1) is 41.5. The zero-order chi connectivity index (χ0) is 34.3. The van der Waals surface area contributed by atoms with Crippen LogP contribution >= 0.6 is 7.60 Å². The van der Waals surface area contributed by atoms with Crippen molar-refractivity contribution in [1.82, 2.24) is 19.5 Å². The van der Waals surface area contributed by atoms with Crippen LogP contribution in [-0.4, -0.2) is 69.1 Å². The molecule has 2 heterocycles. The number of unbranched alkanes of at least 4 members (excludes halogenated alkanes) is 13. The van der Waals surface area contributed by atoms with Gasteiger partial charge in [0.1, 0.15) is 18.2 Å². The standard InChI is InChI=1S/C32H58N5O7PS2/c1-5-6-7-8-9-10-11-12-13-14-15-16-17-18-20-47(46)21-19-42-45(39,43-25-40-32(38)44-27(2)3)26-41-28(4)22-37-24-36-29-30(33)34-23-35-31(29)37/h23-24,27-28H,5-22,25-26H2,1-4H3,(H2,33,34,35)/t28-,45+,47?/m1/s1. The number of carbonyl (C=O) groups excluding carboxylic acids is 1. The Labute approximate surface area is 288 Å². The van der Waals surface area contributed by atoms with Crippen LogP contribution in [0, 0.1) is 0 Å². The largest absolute Gasteiger partial charge is 0.510 e. The summed E-state index contributed by atoms with van der Waals surface area (Å²) in [7, 11) is -4.08. The van der Waals surface area contributed by atoms with Crippen LogP contribution in [0.5, 0.6) is 0 Å². The fraction of sp³-hybridized carbons (Fsp3) is 0.812. The number of nitrogens with two attached hydrogens (primary N) is 1. The SMILES string of the molecule is CCCCCCCCCCCCCCCCS(=S)CCO[P@@](=O)(CO[C@H](C)Cn1cnc2c(N)ncnc21)OCOC(=O)OC(C)C. The summed E-state index contributed by atoms with van der Waals surface area (Å²) in [6, 6.07) is 0. The smallest absolute Gasteiger partial charge is 0.432 e. The average Bonchev–Trinajstić information content (AvgIpc) is 3.43. The molecule has 47 heavy (non-hydrogen) atoms. The zero-order valence-electron chi connectivity index (χ0n) is 28.9. The highest BCUT2D eigenvalue weighted by Gasteiger charge is 2.28. The molecule has 2 aromatic rings.